The quantitative estimate of drug-likeness (QED) is 0.541. The van der Waals surface area contributed by atoms with Gasteiger partial charge in [0.25, 0.3) is 5.91 Å². The first kappa shape index (κ1) is 18.3. The second-order valence-corrected chi connectivity index (χ2v) is 7.28. The van der Waals surface area contributed by atoms with Crippen molar-refractivity contribution in [3.63, 3.8) is 0 Å². The molecule has 0 saturated carbocycles. The SMILES string of the molecule is CC1=NN(c2ccccc2)C(=O)[C@@]1(C)[C@@H](C[N+](=O)[O-])c1ccccc1Br. The summed E-state index contributed by atoms with van der Waals surface area (Å²) in [6.45, 7) is 3.13. The Balaban J connectivity index is 2.09. The normalized spacial score (nSPS) is 20.8. The van der Waals surface area contributed by atoms with E-state index in [1.54, 1.807) is 26.0 Å². The van der Waals surface area contributed by atoms with E-state index < -0.39 is 11.3 Å². The molecule has 1 amide bonds. The van der Waals surface area contributed by atoms with E-state index in [9.17, 15) is 14.9 Å². The molecule has 2 aromatic carbocycles. The van der Waals surface area contributed by atoms with Gasteiger partial charge in [0.15, 0.2) is 0 Å². The third kappa shape index (κ3) is 3.03. The molecule has 26 heavy (non-hydrogen) atoms. The van der Waals surface area contributed by atoms with Crippen LogP contribution in [-0.4, -0.2) is 23.1 Å². The molecule has 1 aliphatic heterocycles. The lowest BCUT2D eigenvalue weighted by atomic mass is 9.70. The van der Waals surface area contributed by atoms with E-state index in [1.807, 2.05) is 42.5 Å². The van der Waals surface area contributed by atoms with Crippen LogP contribution in [0.5, 0.6) is 0 Å². The van der Waals surface area contributed by atoms with Gasteiger partial charge in [-0.2, -0.15) is 10.1 Å². The lowest BCUT2D eigenvalue weighted by Crippen LogP contribution is -2.44. The van der Waals surface area contributed by atoms with Crippen LogP contribution >= 0.6 is 15.9 Å². The molecular formula is C19H18BrN3O3. The fourth-order valence-electron chi connectivity index (χ4n) is 3.32. The molecule has 0 spiro atoms. The van der Waals surface area contributed by atoms with E-state index in [1.165, 1.54) is 5.01 Å². The number of para-hydroxylation sites is 1. The number of carbonyl (C=O) groups is 1. The van der Waals surface area contributed by atoms with E-state index >= 15 is 0 Å². The summed E-state index contributed by atoms with van der Waals surface area (Å²) in [5.41, 5.74) is 0.832. The zero-order valence-corrected chi connectivity index (χ0v) is 16.0. The second-order valence-electron chi connectivity index (χ2n) is 6.43. The van der Waals surface area contributed by atoms with E-state index in [2.05, 4.69) is 21.0 Å². The molecule has 7 heteroatoms. The van der Waals surface area contributed by atoms with E-state index in [-0.39, 0.29) is 17.4 Å². The fourth-order valence-corrected chi connectivity index (χ4v) is 3.88. The molecule has 0 aromatic heterocycles. The van der Waals surface area contributed by atoms with Crippen LogP contribution in [0, 0.1) is 15.5 Å². The number of carbonyl (C=O) groups excluding carboxylic acids is 1. The lowest BCUT2D eigenvalue weighted by Gasteiger charge is -2.31. The number of rotatable bonds is 5. The zero-order chi connectivity index (χ0) is 18.9. The van der Waals surface area contributed by atoms with Crippen LogP contribution in [0.4, 0.5) is 5.69 Å². The number of halogens is 1. The topological polar surface area (TPSA) is 75.8 Å². The van der Waals surface area contributed by atoms with Crippen LogP contribution < -0.4 is 5.01 Å². The molecule has 2 atom stereocenters. The van der Waals surface area contributed by atoms with Crippen molar-refractivity contribution >= 4 is 33.2 Å². The Bertz CT molecular complexity index is 885. The predicted octanol–water partition coefficient (Wildman–Crippen LogP) is 4.24. The molecule has 0 bridgehead atoms. The Morgan fingerprint density at radius 3 is 2.42 bits per heavy atom. The van der Waals surface area contributed by atoms with Crippen LogP contribution in [0.2, 0.25) is 0 Å². The Kier molecular flexibility index (Phi) is 4.91. The number of hydrogen-bond acceptors (Lipinski definition) is 4. The van der Waals surface area contributed by atoms with Crippen molar-refractivity contribution in [2.45, 2.75) is 19.8 Å². The molecule has 1 heterocycles. The van der Waals surface area contributed by atoms with Crippen molar-refractivity contribution in [1.29, 1.82) is 0 Å². The highest BCUT2D eigenvalue weighted by atomic mass is 79.9. The van der Waals surface area contributed by atoms with Gasteiger partial charge in [0, 0.05) is 9.40 Å². The van der Waals surface area contributed by atoms with E-state index in [0.29, 0.717) is 11.4 Å². The largest absolute Gasteiger partial charge is 0.271 e. The lowest BCUT2D eigenvalue weighted by molar-refractivity contribution is -0.485. The minimum atomic E-state index is -1.10. The van der Waals surface area contributed by atoms with Gasteiger partial charge >= 0.3 is 0 Å². The highest BCUT2D eigenvalue weighted by molar-refractivity contribution is 9.10. The standard InChI is InChI=1S/C19H18BrN3O3/c1-13-19(2,18(24)23(21-13)14-8-4-3-5-9-14)16(12-22(25)26)15-10-6-7-11-17(15)20/h3-11,16H,12H2,1-2H3/t16-,19+/m0/s1. The Hall–Kier alpha value is -2.54. The monoisotopic (exact) mass is 415 g/mol. The van der Waals surface area contributed by atoms with Gasteiger partial charge in [-0.05, 0) is 37.6 Å². The first-order chi connectivity index (χ1) is 12.4. The van der Waals surface area contributed by atoms with Crippen LogP contribution in [0.3, 0.4) is 0 Å². The molecule has 0 fully saturated rings. The summed E-state index contributed by atoms with van der Waals surface area (Å²) < 4.78 is 0.742. The molecule has 0 radical (unpaired) electrons. The Morgan fingerprint density at radius 2 is 1.81 bits per heavy atom. The van der Waals surface area contributed by atoms with Gasteiger partial charge in [0.2, 0.25) is 6.54 Å². The first-order valence-corrected chi connectivity index (χ1v) is 8.96. The van der Waals surface area contributed by atoms with Crippen LogP contribution in [0.15, 0.2) is 64.2 Å². The van der Waals surface area contributed by atoms with E-state index in [0.717, 1.165) is 10.0 Å². The molecule has 2 aromatic rings. The maximum Gasteiger partial charge on any atom is 0.259 e. The van der Waals surface area contributed by atoms with Crippen LogP contribution in [0.1, 0.15) is 25.3 Å². The third-order valence-electron chi connectivity index (χ3n) is 4.95. The zero-order valence-electron chi connectivity index (χ0n) is 14.4. The smallest absolute Gasteiger partial charge is 0.259 e. The molecule has 0 unspecified atom stereocenters. The van der Waals surface area contributed by atoms with Gasteiger partial charge in [0.1, 0.15) is 5.41 Å². The summed E-state index contributed by atoms with van der Waals surface area (Å²) in [7, 11) is 0. The maximum absolute atomic E-state index is 13.3. The summed E-state index contributed by atoms with van der Waals surface area (Å²) in [4.78, 5) is 24.3. The van der Waals surface area contributed by atoms with Crippen molar-refractivity contribution in [3.05, 3.63) is 74.7 Å². The third-order valence-corrected chi connectivity index (χ3v) is 5.67. The molecule has 134 valence electrons. The highest BCUT2D eigenvalue weighted by Crippen LogP contribution is 2.45. The summed E-state index contributed by atoms with van der Waals surface area (Å²) in [6.07, 6.45) is 0. The summed E-state index contributed by atoms with van der Waals surface area (Å²) in [5, 5.41) is 17.2. The Morgan fingerprint density at radius 1 is 1.19 bits per heavy atom. The van der Waals surface area contributed by atoms with Crippen LogP contribution in [-0.2, 0) is 4.79 Å². The number of benzene rings is 2. The molecule has 0 aliphatic carbocycles. The first-order valence-electron chi connectivity index (χ1n) is 8.17. The van der Waals surface area contributed by atoms with Crippen LogP contribution in [0.25, 0.3) is 0 Å². The minimum Gasteiger partial charge on any atom is -0.271 e. The summed E-state index contributed by atoms with van der Waals surface area (Å²) in [6, 6.07) is 16.4. The minimum absolute atomic E-state index is 0.260. The predicted molar refractivity (Wildman–Crippen MR) is 104 cm³/mol. The van der Waals surface area contributed by atoms with Gasteiger partial charge in [-0.3, -0.25) is 14.9 Å². The average Bonchev–Trinajstić information content (AvgIpc) is 2.86. The fraction of sp³-hybridized carbons (Fsp3) is 0.263. The van der Waals surface area contributed by atoms with Gasteiger partial charge in [-0.15, -0.1) is 0 Å². The second kappa shape index (κ2) is 6.99. The van der Waals surface area contributed by atoms with Crippen molar-refractivity contribution in [2.24, 2.45) is 10.5 Å². The van der Waals surface area contributed by atoms with Gasteiger partial charge in [-0.1, -0.05) is 52.3 Å². The van der Waals surface area contributed by atoms with Crippen molar-refractivity contribution < 1.29 is 9.72 Å². The molecule has 1 aliphatic rings. The van der Waals surface area contributed by atoms with Gasteiger partial charge < -0.3 is 0 Å². The van der Waals surface area contributed by atoms with Gasteiger partial charge in [0.05, 0.1) is 17.3 Å². The van der Waals surface area contributed by atoms with Crippen molar-refractivity contribution in [2.75, 3.05) is 11.6 Å². The number of hydrazone groups is 1. The molecule has 0 saturated heterocycles. The maximum atomic E-state index is 13.3. The average molecular weight is 416 g/mol. The molecule has 0 N–H and O–H groups in total. The summed E-state index contributed by atoms with van der Waals surface area (Å²) >= 11 is 3.47. The number of amides is 1. The summed E-state index contributed by atoms with van der Waals surface area (Å²) in [5.74, 6) is -0.901. The van der Waals surface area contributed by atoms with Crippen molar-refractivity contribution in [1.82, 2.24) is 0 Å². The number of nitro groups is 1. The van der Waals surface area contributed by atoms with Crippen molar-refractivity contribution in [3.8, 4) is 0 Å². The number of nitrogens with zero attached hydrogens (tertiary/aromatic N) is 3. The Labute approximate surface area is 159 Å². The number of anilines is 1. The highest BCUT2D eigenvalue weighted by Gasteiger charge is 2.53. The molecule has 6 nitrogen and oxygen atoms in total. The van der Waals surface area contributed by atoms with E-state index in [4.69, 9.17) is 0 Å². The molecule has 3 rings (SSSR count). The number of hydrogen-bond donors (Lipinski definition) is 0. The molecular weight excluding hydrogens is 398 g/mol. The van der Waals surface area contributed by atoms with Gasteiger partial charge in [-0.25, -0.2) is 0 Å².